The number of hydrogen-bond donors (Lipinski definition) is 1. The first-order valence-corrected chi connectivity index (χ1v) is 9.35. The van der Waals surface area contributed by atoms with Gasteiger partial charge >= 0.3 is 0 Å². The number of nitrogens with zero attached hydrogens (tertiary/aromatic N) is 1. The van der Waals surface area contributed by atoms with E-state index >= 15 is 0 Å². The minimum atomic E-state index is -0.299. The molecule has 2 rings (SSSR count). The summed E-state index contributed by atoms with van der Waals surface area (Å²) in [4.78, 5) is 26.7. The molecule has 144 valence electrons. The van der Waals surface area contributed by atoms with Gasteiger partial charge < -0.3 is 15.0 Å². The summed E-state index contributed by atoms with van der Waals surface area (Å²) >= 11 is 12.3. The highest BCUT2D eigenvalue weighted by Crippen LogP contribution is 2.25. The Balaban J connectivity index is 2.07. The number of rotatable bonds is 8. The molecule has 0 fully saturated rings. The number of benzene rings is 2. The lowest BCUT2D eigenvalue weighted by Gasteiger charge is -2.22. The van der Waals surface area contributed by atoms with E-state index in [0.29, 0.717) is 33.6 Å². The van der Waals surface area contributed by atoms with Gasteiger partial charge in [0.15, 0.2) is 0 Å². The molecule has 0 aliphatic carbocycles. The zero-order valence-corrected chi connectivity index (χ0v) is 16.8. The number of carbonyl (C=O) groups is 2. The smallest absolute Gasteiger partial charge is 0.244 e. The summed E-state index contributed by atoms with van der Waals surface area (Å²) in [5.41, 5.74) is 1.13. The molecule has 0 spiro atoms. The lowest BCUT2D eigenvalue weighted by molar-refractivity contribution is -0.134. The van der Waals surface area contributed by atoms with Crippen molar-refractivity contribution < 1.29 is 14.3 Å². The zero-order valence-electron chi connectivity index (χ0n) is 15.3. The minimum absolute atomic E-state index is 0.0421. The zero-order chi connectivity index (χ0) is 19.8. The Morgan fingerprint density at radius 3 is 2.37 bits per heavy atom. The standard InChI is InChI=1S/C20H22Cl2N2O3/c1-3-11-24(20(26)12-14-15(21)7-6-8-16(14)22)13-19(25)23-17-9-4-5-10-18(17)27-2/h4-10H,3,11-13H2,1-2H3,(H,23,25). The van der Waals surface area contributed by atoms with Crippen LogP contribution < -0.4 is 10.1 Å². The number of carbonyl (C=O) groups excluding carboxylic acids is 2. The Morgan fingerprint density at radius 2 is 1.74 bits per heavy atom. The molecule has 1 N–H and O–H groups in total. The average molecular weight is 409 g/mol. The van der Waals surface area contributed by atoms with Crippen molar-refractivity contribution >= 4 is 40.7 Å². The highest BCUT2D eigenvalue weighted by atomic mass is 35.5. The third kappa shape index (κ3) is 5.88. The first-order valence-electron chi connectivity index (χ1n) is 8.59. The van der Waals surface area contributed by atoms with Gasteiger partial charge in [0.1, 0.15) is 5.75 Å². The van der Waals surface area contributed by atoms with Gasteiger partial charge in [-0.25, -0.2) is 0 Å². The predicted octanol–water partition coefficient (Wildman–Crippen LogP) is 4.42. The third-order valence-corrected chi connectivity index (χ3v) is 4.66. The molecular weight excluding hydrogens is 387 g/mol. The molecule has 0 aliphatic heterocycles. The van der Waals surface area contributed by atoms with Crippen LogP contribution in [-0.4, -0.2) is 36.9 Å². The minimum Gasteiger partial charge on any atom is -0.495 e. The number of anilines is 1. The Labute approximate surface area is 169 Å². The molecule has 0 radical (unpaired) electrons. The molecule has 2 amide bonds. The van der Waals surface area contributed by atoms with Gasteiger partial charge in [0, 0.05) is 16.6 Å². The van der Waals surface area contributed by atoms with Crippen molar-refractivity contribution in [2.24, 2.45) is 0 Å². The second-order valence-corrected chi connectivity index (χ2v) is 6.76. The maximum Gasteiger partial charge on any atom is 0.244 e. The van der Waals surface area contributed by atoms with Crippen LogP contribution in [0.1, 0.15) is 18.9 Å². The maximum atomic E-state index is 12.7. The van der Waals surface area contributed by atoms with E-state index in [1.54, 1.807) is 36.4 Å². The van der Waals surface area contributed by atoms with Gasteiger partial charge in [0.25, 0.3) is 0 Å². The van der Waals surface area contributed by atoms with E-state index in [4.69, 9.17) is 27.9 Å². The normalized spacial score (nSPS) is 10.4. The fraction of sp³-hybridized carbons (Fsp3) is 0.300. The highest BCUT2D eigenvalue weighted by molar-refractivity contribution is 6.36. The topological polar surface area (TPSA) is 58.6 Å². The summed E-state index contributed by atoms with van der Waals surface area (Å²) < 4.78 is 5.23. The second kappa shape index (κ2) is 10.2. The molecule has 0 saturated heterocycles. The SMILES string of the molecule is CCCN(CC(=O)Nc1ccccc1OC)C(=O)Cc1c(Cl)cccc1Cl. The molecule has 0 saturated carbocycles. The van der Waals surface area contributed by atoms with Crippen LogP contribution in [0.3, 0.4) is 0 Å². The molecule has 2 aromatic carbocycles. The van der Waals surface area contributed by atoms with Crippen molar-refractivity contribution in [3.05, 3.63) is 58.1 Å². The largest absolute Gasteiger partial charge is 0.495 e. The van der Waals surface area contributed by atoms with Gasteiger partial charge in [-0.1, -0.05) is 48.3 Å². The van der Waals surface area contributed by atoms with Crippen molar-refractivity contribution in [3.63, 3.8) is 0 Å². The van der Waals surface area contributed by atoms with E-state index in [9.17, 15) is 9.59 Å². The lowest BCUT2D eigenvalue weighted by atomic mass is 10.1. The lowest BCUT2D eigenvalue weighted by Crippen LogP contribution is -2.39. The van der Waals surface area contributed by atoms with E-state index in [2.05, 4.69) is 5.32 Å². The Hall–Kier alpha value is -2.24. The van der Waals surface area contributed by atoms with Gasteiger partial charge in [-0.3, -0.25) is 9.59 Å². The monoisotopic (exact) mass is 408 g/mol. The molecule has 0 unspecified atom stereocenters. The van der Waals surface area contributed by atoms with Gasteiger partial charge in [0.05, 0.1) is 25.8 Å². The van der Waals surface area contributed by atoms with Crippen LogP contribution in [0.25, 0.3) is 0 Å². The first-order chi connectivity index (χ1) is 13.0. The number of methoxy groups -OCH3 is 1. The van der Waals surface area contributed by atoms with Gasteiger partial charge in [0.2, 0.25) is 11.8 Å². The summed E-state index contributed by atoms with van der Waals surface area (Å²) in [6, 6.07) is 12.2. The number of halogens is 2. The summed E-state index contributed by atoms with van der Waals surface area (Å²) in [6.07, 6.45) is 0.768. The third-order valence-electron chi connectivity index (χ3n) is 3.95. The first kappa shape index (κ1) is 21.1. The van der Waals surface area contributed by atoms with E-state index in [1.165, 1.54) is 12.0 Å². The summed E-state index contributed by atoms with van der Waals surface area (Å²) in [6.45, 7) is 2.34. The molecule has 0 aromatic heterocycles. The number of amides is 2. The summed E-state index contributed by atoms with van der Waals surface area (Å²) in [5.74, 6) is 0.0515. The molecular formula is C20H22Cl2N2O3. The van der Waals surface area contributed by atoms with E-state index in [1.807, 2.05) is 13.0 Å². The molecule has 0 aliphatic rings. The molecule has 27 heavy (non-hydrogen) atoms. The molecule has 0 bridgehead atoms. The summed E-state index contributed by atoms with van der Waals surface area (Å²) in [5, 5.41) is 3.65. The highest BCUT2D eigenvalue weighted by Gasteiger charge is 2.20. The number of hydrogen-bond acceptors (Lipinski definition) is 3. The molecule has 2 aromatic rings. The van der Waals surface area contributed by atoms with Crippen LogP contribution in [0.5, 0.6) is 5.75 Å². The van der Waals surface area contributed by atoms with Gasteiger partial charge in [-0.2, -0.15) is 0 Å². The number of para-hydroxylation sites is 2. The fourth-order valence-electron chi connectivity index (χ4n) is 2.64. The van der Waals surface area contributed by atoms with Crippen molar-refractivity contribution in [3.8, 4) is 5.75 Å². The predicted molar refractivity (Wildman–Crippen MR) is 109 cm³/mol. The van der Waals surface area contributed by atoms with Gasteiger partial charge in [-0.15, -0.1) is 0 Å². The Morgan fingerprint density at radius 1 is 1.07 bits per heavy atom. The Bertz CT molecular complexity index is 791. The molecule has 0 heterocycles. The van der Waals surface area contributed by atoms with Crippen LogP contribution in [0, 0.1) is 0 Å². The summed E-state index contributed by atoms with van der Waals surface area (Å²) in [7, 11) is 1.53. The second-order valence-electron chi connectivity index (χ2n) is 5.94. The molecule has 0 atom stereocenters. The number of nitrogens with one attached hydrogen (secondary N) is 1. The maximum absolute atomic E-state index is 12.7. The van der Waals surface area contributed by atoms with Crippen molar-refractivity contribution in [1.29, 1.82) is 0 Å². The van der Waals surface area contributed by atoms with E-state index in [0.717, 1.165) is 6.42 Å². The van der Waals surface area contributed by atoms with E-state index < -0.39 is 0 Å². The quantitative estimate of drug-likeness (QED) is 0.702. The van der Waals surface area contributed by atoms with Crippen LogP contribution in [0.15, 0.2) is 42.5 Å². The van der Waals surface area contributed by atoms with Gasteiger partial charge in [-0.05, 0) is 36.2 Å². The number of ether oxygens (including phenoxy) is 1. The molecule has 7 heteroatoms. The molecule has 5 nitrogen and oxygen atoms in total. The van der Waals surface area contributed by atoms with Crippen LogP contribution in [0.2, 0.25) is 10.0 Å². The van der Waals surface area contributed by atoms with Crippen LogP contribution >= 0.6 is 23.2 Å². The van der Waals surface area contributed by atoms with E-state index in [-0.39, 0.29) is 24.8 Å². The van der Waals surface area contributed by atoms with Crippen molar-refractivity contribution in [2.45, 2.75) is 19.8 Å². The fourth-order valence-corrected chi connectivity index (χ4v) is 3.17. The average Bonchev–Trinajstić information content (AvgIpc) is 2.64. The Kier molecular flexibility index (Phi) is 7.95. The van der Waals surface area contributed by atoms with Crippen molar-refractivity contribution in [2.75, 3.05) is 25.5 Å². The van der Waals surface area contributed by atoms with Crippen LogP contribution in [0.4, 0.5) is 5.69 Å². The van der Waals surface area contributed by atoms with Crippen LogP contribution in [-0.2, 0) is 16.0 Å². The van der Waals surface area contributed by atoms with Crippen molar-refractivity contribution in [1.82, 2.24) is 4.90 Å².